The van der Waals surface area contributed by atoms with Crippen LogP contribution in [-0.4, -0.2) is 37.5 Å². The van der Waals surface area contributed by atoms with Gasteiger partial charge in [0.05, 0.1) is 0 Å². The molecule has 0 aromatic heterocycles. The van der Waals surface area contributed by atoms with E-state index in [1.807, 2.05) is 0 Å². The Bertz CT molecular complexity index is 3140. The van der Waals surface area contributed by atoms with Gasteiger partial charge in [0.2, 0.25) is 0 Å². The molecule has 0 saturated carbocycles. The highest BCUT2D eigenvalue weighted by molar-refractivity contribution is 8.32. The Hall–Kier alpha value is -7.34. The summed E-state index contributed by atoms with van der Waals surface area (Å²) in [6, 6.07) is 73.5. The van der Waals surface area contributed by atoms with E-state index in [2.05, 4.69) is 277 Å². The second kappa shape index (κ2) is 17.6. The first-order chi connectivity index (χ1) is 32.0. The number of rotatable bonds is 8. The van der Waals surface area contributed by atoms with Gasteiger partial charge in [-0.3, -0.25) is 0 Å². The zero-order valence-corrected chi connectivity index (χ0v) is 40.0. The molecule has 0 saturated heterocycles. The number of para-hydroxylation sites is 4. The molecular formula is C62H52N2S2. The quantitative estimate of drug-likeness (QED) is 0.111. The fraction of sp³-hybridized carbons (Fsp3) is 0.0968. The van der Waals surface area contributed by atoms with Crippen LogP contribution >= 0.6 is 20.1 Å². The summed E-state index contributed by atoms with van der Waals surface area (Å²) in [6.45, 7) is 0. The molecule has 0 N–H and O–H groups in total. The van der Waals surface area contributed by atoms with Crippen LogP contribution in [0.25, 0.3) is 32.3 Å². The Morgan fingerprint density at radius 3 is 0.848 bits per heavy atom. The Labute approximate surface area is 393 Å². The topological polar surface area (TPSA) is 6.48 Å². The molecular weight excluding hydrogens is 837 g/mol. The fourth-order valence-corrected chi connectivity index (χ4v) is 11.6. The first kappa shape index (κ1) is 42.6. The lowest BCUT2D eigenvalue weighted by atomic mass is 9.90. The van der Waals surface area contributed by atoms with Crippen molar-refractivity contribution in [2.45, 2.75) is 9.79 Å². The summed E-state index contributed by atoms with van der Waals surface area (Å²) in [5, 5.41) is 7.61. The van der Waals surface area contributed by atoms with Crippen molar-refractivity contribution in [3.63, 3.8) is 0 Å². The largest absolute Gasteiger partial charge is 0.311 e. The van der Waals surface area contributed by atoms with Gasteiger partial charge in [-0.1, -0.05) is 121 Å². The molecule has 0 aliphatic heterocycles. The fourth-order valence-electron chi connectivity index (χ4n) is 9.02. The number of hydrogen-bond donors (Lipinski definition) is 0. The Kier molecular flexibility index (Phi) is 11.3. The van der Waals surface area contributed by atoms with Gasteiger partial charge in [0.25, 0.3) is 0 Å². The normalized spacial score (nSPS) is 12.0. The third-order valence-corrected chi connectivity index (χ3v) is 15.4. The van der Waals surface area contributed by atoms with E-state index in [9.17, 15) is 0 Å². The van der Waals surface area contributed by atoms with Crippen LogP contribution in [0.15, 0.2) is 216 Å². The Morgan fingerprint density at radius 2 is 0.561 bits per heavy atom. The molecule has 4 heteroatoms. The van der Waals surface area contributed by atoms with Crippen LogP contribution in [0.5, 0.6) is 0 Å². The molecule has 0 bridgehead atoms. The Balaban J connectivity index is 1.07. The van der Waals surface area contributed by atoms with Crippen molar-refractivity contribution in [2.75, 3.05) is 47.3 Å². The van der Waals surface area contributed by atoms with Gasteiger partial charge in [-0.15, -0.1) is 0 Å². The monoisotopic (exact) mass is 888 g/mol. The van der Waals surface area contributed by atoms with Crippen LogP contribution in [0.1, 0.15) is 22.3 Å². The highest BCUT2D eigenvalue weighted by Crippen LogP contribution is 2.55. The van der Waals surface area contributed by atoms with Gasteiger partial charge in [0, 0.05) is 56.4 Å². The standard InChI is InChI=1S/C62H52N2S2/c1-65(2,3)59-43-47(33-27-45-29-35-53(36-30-45)63(49-19-11-7-12-20-49)50-21-13-8-14-22-50)55-39-40-56-48(44-60(66(4,5)6)58-42-41-57(59)61(55)62(56)58)34-28-46-31-37-54(38-32-46)64(51-23-15-9-16-24-51)52-25-17-10-18-26-52/h7-26,29-32,35-44H,1-6H3. The second-order valence-electron chi connectivity index (χ2n) is 18.2. The molecule has 0 radical (unpaired) electrons. The molecule has 0 amide bonds. The van der Waals surface area contributed by atoms with Crippen molar-refractivity contribution in [1.29, 1.82) is 0 Å². The van der Waals surface area contributed by atoms with E-state index < -0.39 is 20.1 Å². The predicted octanol–water partition coefficient (Wildman–Crippen LogP) is 16.4. The number of benzene rings is 10. The SMILES string of the molecule is CS(C)(C)c1cc(C#Cc2ccc(N(c3ccccc3)c3ccccc3)cc2)c2ccc3c(C#Cc4ccc(N(c5ccccc5)c5ccccc5)cc4)cc(S(C)(C)C)c4ccc1c2c34. The van der Waals surface area contributed by atoms with Crippen molar-refractivity contribution in [1.82, 2.24) is 0 Å². The van der Waals surface area contributed by atoms with E-state index in [-0.39, 0.29) is 0 Å². The first-order valence-electron chi connectivity index (χ1n) is 22.2. The van der Waals surface area contributed by atoms with E-state index in [1.165, 1.54) is 42.1 Å². The van der Waals surface area contributed by atoms with Gasteiger partial charge < -0.3 is 9.80 Å². The lowest BCUT2D eigenvalue weighted by Crippen LogP contribution is -2.09. The summed E-state index contributed by atoms with van der Waals surface area (Å²) in [4.78, 5) is 7.33. The van der Waals surface area contributed by atoms with Gasteiger partial charge in [-0.2, -0.15) is 0 Å². The summed E-state index contributed by atoms with van der Waals surface area (Å²) >= 11 is 0. The lowest BCUT2D eigenvalue weighted by molar-refractivity contribution is 1.28. The van der Waals surface area contributed by atoms with Crippen molar-refractivity contribution in [3.05, 3.63) is 229 Å². The van der Waals surface area contributed by atoms with Gasteiger partial charge in [0.1, 0.15) is 0 Å². The highest BCUT2D eigenvalue weighted by Gasteiger charge is 2.23. The van der Waals surface area contributed by atoms with E-state index in [0.717, 1.165) is 56.4 Å². The maximum Gasteiger partial charge on any atom is 0.0462 e. The van der Waals surface area contributed by atoms with Gasteiger partial charge in [0.15, 0.2) is 0 Å². The molecule has 0 spiro atoms. The molecule has 0 heterocycles. The molecule has 0 atom stereocenters. The average Bonchev–Trinajstić information content (AvgIpc) is 3.33. The maximum absolute atomic E-state index is 3.70. The molecule has 2 nitrogen and oxygen atoms in total. The molecule has 10 aromatic carbocycles. The molecule has 0 unspecified atom stereocenters. The molecule has 66 heavy (non-hydrogen) atoms. The first-order valence-corrected chi connectivity index (χ1v) is 27.9. The minimum absolute atomic E-state index is 0.979. The average molecular weight is 889 g/mol. The van der Waals surface area contributed by atoms with Crippen molar-refractivity contribution in [2.24, 2.45) is 0 Å². The van der Waals surface area contributed by atoms with E-state index >= 15 is 0 Å². The van der Waals surface area contributed by atoms with Crippen molar-refractivity contribution < 1.29 is 0 Å². The van der Waals surface area contributed by atoms with Gasteiger partial charge >= 0.3 is 0 Å². The van der Waals surface area contributed by atoms with Crippen LogP contribution in [-0.2, 0) is 0 Å². The van der Waals surface area contributed by atoms with Crippen LogP contribution < -0.4 is 9.80 Å². The van der Waals surface area contributed by atoms with E-state index in [1.54, 1.807) is 0 Å². The third-order valence-electron chi connectivity index (χ3n) is 12.1. The lowest BCUT2D eigenvalue weighted by Gasteiger charge is -2.31. The Morgan fingerprint density at radius 1 is 0.288 bits per heavy atom. The van der Waals surface area contributed by atoms with E-state index in [4.69, 9.17) is 0 Å². The van der Waals surface area contributed by atoms with Gasteiger partial charge in [-0.25, -0.2) is 20.1 Å². The minimum Gasteiger partial charge on any atom is -0.311 e. The predicted molar refractivity (Wildman–Crippen MR) is 292 cm³/mol. The van der Waals surface area contributed by atoms with E-state index in [0.29, 0.717) is 0 Å². The van der Waals surface area contributed by atoms with Crippen molar-refractivity contribution >= 4 is 86.5 Å². The van der Waals surface area contributed by atoms with Crippen LogP contribution in [0.2, 0.25) is 0 Å². The maximum atomic E-state index is 3.70. The number of nitrogens with zero attached hydrogens (tertiary/aromatic N) is 2. The molecule has 0 fully saturated rings. The third kappa shape index (κ3) is 8.39. The highest BCUT2D eigenvalue weighted by atomic mass is 32.3. The second-order valence-corrected chi connectivity index (χ2v) is 26.4. The zero-order valence-electron chi connectivity index (χ0n) is 38.3. The van der Waals surface area contributed by atoms with Gasteiger partial charge in [-0.05, 0) is 189 Å². The molecule has 0 aliphatic carbocycles. The number of anilines is 6. The number of hydrogen-bond acceptors (Lipinski definition) is 2. The zero-order chi connectivity index (χ0) is 45.4. The summed E-state index contributed by atoms with van der Waals surface area (Å²) in [7, 11) is -2.28. The molecule has 10 rings (SSSR count). The smallest absolute Gasteiger partial charge is 0.0462 e. The molecule has 322 valence electrons. The van der Waals surface area contributed by atoms with Crippen molar-refractivity contribution in [3.8, 4) is 23.7 Å². The minimum atomic E-state index is -1.14. The summed E-state index contributed by atoms with van der Waals surface area (Å²) in [5.41, 5.74) is 10.7. The van der Waals surface area contributed by atoms with Crippen LogP contribution in [0, 0.1) is 23.7 Å². The summed E-state index contributed by atoms with van der Waals surface area (Å²) in [5.74, 6) is 14.6. The summed E-state index contributed by atoms with van der Waals surface area (Å²) < 4.78 is 0. The summed E-state index contributed by atoms with van der Waals surface area (Å²) in [6.07, 6.45) is 14.4. The van der Waals surface area contributed by atoms with Crippen LogP contribution in [0.3, 0.4) is 0 Å². The molecule has 0 aliphatic rings. The molecule has 10 aromatic rings. The van der Waals surface area contributed by atoms with Crippen LogP contribution in [0.4, 0.5) is 34.1 Å².